The number of nitrogens with zero attached hydrogens (tertiary/aromatic N) is 7. The van der Waals surface area contributed by atoms with Gasteiger partial charge in [0.05, 0.1) is 5.69 Å². The summed E-state index contributed by atoms with van der Waals surface area (Å²) in [5.41, 5.74) is 6.53. The highest BCUT2D eigenvalue weighted by Gasteiger charge is 2.26. The number of anilines is 1. The van der Waals surface area contributed by atoms with Crippen molar-refractivity contribution in [3.05, 3.63) is 81.9 Å². The Morgan fingerprint density at radius 1 is 1.07 bits per heavy atom. The summed E-state index contributed by atoms with van der Waals surface area (Å²) in [7, 11) is 0. The first kappa shape index (κ1) is 26.3. The molecule has 0 aliphatic heterocycles. The summed E-state index contributed by atoms with van der Waals surface area (Å²) in [4.78, 5) is 32.8. The highest BCUT2D eigenvalue weighted by molar-refractivity contribution is 7.21. The fraction of sp³-hybridized carbons (Fsp3) is 0.115. The minimum Gasteiger partial charge on any atom is -0.365 e. The average molecular weight is 592 g/mol. The molecule has 0 aliphatic rings. The molecule has 206 valence electrons. The van der Waals surface area contributed by atoms with Gasteiger partial charge in [-0.15, -0.1) is 37.7 Å². The van der Waals surface area contributed by atoms with E-state index in [1.807, 2.05) is 43.3 Å². The molecule has 0 atom stereocenters. The summed E-state index contributed by atoms with van der Waals surface area (Å²) < 4.78 is 28.8. The van der Waals surface area contributed by atoms with Crippen LogP contribution < -0.4 is 11.1 Å². The molecule has 11 nitrogen and oxygen atoms in total. The van der Waals surface area contributed by atoms with Crippen LogP contribution in [0, 0.1) is 6.92 Å². The zero-order chi connectivity index (χ0) is 28.7. The number of halogens is 2. The molecule has 0 saturated carbocycles. The molecule has 0 aliphatic carbocycles. The first-order chi connectivity index (χ1) is 19.8. The lowest BCUT2D eigenvalue weighted by atomic mass is 10.1. The topological polar surface area (TPSA) is 146 Å². The number of aryl methyl sites for hydroxylation is 1. The van der Waals surface area contributed by atoms with Crippen LogP contribution in [0.5, 0.6) is 0 Å². The monoisotopic (exact) mass is 591 g/mol. The fourth-order valence-electron chi connectivity index (χ4n) is 4.17. The van der Waals surface area contributed by atoms with E-state index in [2.05, 4.69) is 30.8 Å². The number of primary amides is 1. The maximum absolute atomic E-state index is 13.7. The molecule has 6 rings (SSSR count). The van der Waals surface area contributed by atoms with Crippen LogP contribution >= 0.6 is 22.7 Å². The Hall–Kier alpha value is -4.89. The molecule has 5 heterocycles. The van der Waals surface area contributed by atoms with Gasteiger partial charge in [0.25, 0.3) is 18.2 Å². The zero-order valence-corrected chi connectivity index (χ0v) is 22.8. The largest absolute Gasteiger partial charge is 0.365 e. The molecule has 0 spiro atoms. The third kappa shape index (κ3) is 5.19. The molecule has 2 amide bonds. The zero-order valence-electron chi connectivity index (χ0n) is 21.2. The van der Waals surface area contributed by atoms with Gasteiger partial charge in [-0.3, -0.25) is 9.59 Å². The summed E-state index contributed by atoms with van der Waals surface area (Å²) in [6, 6.07) is 15.8. The number of tetrazole rings is 1. The van der Waals surface area contributed by atoms with Gasteiger partial charge in [0, 0.05) is 32.5 Å². The van der Waals surface area contributed by atoms with Crippen LogP contribution in [-0.4, -0.2) is 46.8 Å². The molecule has 0 saturated heterocycles. The SMILES string of the molecule is Cc1ccc(-c2cc(C(F)F)nc3sc(C(N)=O)c(NC(=O)c4ccn(Cn5nnc(-c6ccccc6)n5)n4)c23)s1. The van der Waals surface area contributed by atoms with Crippen molar-refractivity contribution in [2.45, 2.75) is 20.0 Å². The predicted molar refractivity (Wildman–Crippen MR) is 150 cm³/mol. The number of carbonyl (C=O) groups excluding carboxylic acids is 2. The Balaban J connectivity index is 1.32. The van der Waals surface area contributed by atoms with E-state index in [9.17, 15) is 18.4 Å². The number of thiophene rings is 2. The molecule has 0 radical (unpaired) electrons. The smallest absolute Gasteiger partial charge is 0.280 e. The van der Waals surface area contributed by atoms with Crippen LogP contribution in [0.1, 0.15) is 37.2 Å². The molecule has 3 N–H and O–H groups in total. The van der Waals surface area contributed by atoms with E-state index >= 15 is 0 Å². The quantitative estimate of drug-likeness (QED) is 0.254. The van der Waals surface area contributed by atoms with Gasteiger partial charge in [-0.25, -0.2) is 18.4 Å². The van der Waals surface area contributed by atoms with Gasteiger partial charge in [0.15, 0.2) is 12.4 Å². The lowest BCUT2D eigenvalue weighted by molar-refractivity contribution is 0.100. The van der Waals surface area contributed by atoms with E-state index in [1.54, 1.807) is 12.3 Å². The van der Waals surface area contributed by atoms with Gasteiger partial charge in [-0.05, 0) is 36.4 Å². The Morgan fingerprint density at radius 3 is 2.59 bits per heavy atom. The van der Waals surface area contributed by atoms with E-state index < -0.39 is 23.9 Å². The lowest BCUT2D eigenvalue weighted by Gasteiger charge is -2.09. The van der Waals surface area contributed by atoms with Gasteiger partial charge in [-0.1, -0.05) is 30.3 Å². The van der Waals surface area contributed by atoms with Crippen molar-refractivity contribution in [3.63, 3.8) is 0 Å². The van der Waals surface area contributed by atoms with Crippen LogP contribution in [-0.2, 0) is 6.67 Å². The number of hydrogen-bond acceptors (Lipinski definition) is 9. The number of benzene rings is 1. The maximum atomic E-state index is 13.7. The van der Waals surface area contributed by atoms with Gasteiger partial charge in [0.2, 0.25) is 5.82 Å². The normalized spacial score (nSPS) is 11.4. The summed E-state index contributed by atoms with van der Waals surface area (Å²) in [6.45, 7) is 1.97. The predicted octanol–water partition coefficient (Wildman–Crippen LogP) is 4.98. The molecular weight excluding hydrogens is 572 g/mol. The van der Waals surface area contributed by atoms with E-state index in [1.165, 1.54) is 32.9 Å². The maximum Gasteiger partial charge on any atom is 0.280 e. The molecule has 5 aromatic heterocycles. The van der Waals surface area contributed by atoms with Crippen LogP contribution in [0.2, 0.25) is 0 Å². The third-order valence-electron chi connectivity index (χ3n) is 6.00. The van der Waals surface area contributed by atoms with Crippen LogP contribution in [0.4, 0.5) is 14.5 Å². The highest BCUT2D eigenvalue weighted by atomic mass is 32.1. The molecule has 0 fully saturated rings. The summed E-state index contributed by atoms with van der Waals surface area (Å²) in [5.74, 6) is -1.01. The Bertz CT molecular complexity index is 1910. The summed E-state index contributed by atoms with van der Waals surface area (Å²) >= 11 is 2.23. The number of amides is 2. The number of nitrogens with two attached hydrogens (primary N) is 1. The number of nitrogens with one attached hydrogen (secondary N) is 1. The van der Waals surface area contributed by atoms with Gasteiger partial charge >= 0.3 is 0 Å². The van der Waals surface area contributed by atoms with E-state index in [0.29, 0.717) is 21.7 Å². The number of aromatic nitrogens is 7. The van der Waals surface area contributed by atoms with Crippen molar-refractivity contribution in [3.8, 4) is 21.8 Å². The van der Waals surface area contributed by atoms with Gasteiger partial charge in [0.1, 0.15) is 15.4 Å². The molecule has 6 aromatic rings. The number of rotatable bonds is 8. The number of hydrogen-bond donors (Lipinski definition) is 2. The van der Waals surface area contributed by atoms with Crippen molar-refractivity contribution >= 4 is 50.4 Å². The van der Waals surface area contributed by atoms with Crippen molar-refractivity contribution in [1.29, 1.82) is 0 Å². The molecule has 41 heavy (non-hydrogen) atoms. The first-order valence-electron chi connectivity index (χ1n) is 12.1. The number of alkyl halides is 2. The number of fused-ring (bicyclic) bond motifs is 1. The molecule has 0 unspecified atom stereocenters. The molecule has 0 bridgehead atoms. The summed E-state index contributed by atoms with van der Waals surface area (Å²) in [5, 5.41) is 19.8. The Morgan fingerprint density at radius 2 is 1.88 bits per heavy atom. The minimum atomic E-state index is -2.83. The van der Waals surface area contributed by atoms with Crippen molar-refractivity contribution in [2.24, 2.45) is 5.73 Å². The van der Waals surface area contributed by atoms with E-state index in [4.69, 9.17) is 5.73 Å². The van der Waals surface area contributed by atoms with Crippen molar-refractivity contribution in [1.82, 2.24) is 35.0 Å². The second kappa shape index (κ2) is 10.6. The van der Waals surface area contributed by atoms with Crippen LogP contribution in [0.15, 0.2) is 60.8 Å². The van der Waals surface area contributed by atoms with E-state index in [0.717, 1.165) is 21.8 Å². The Labute approximate surface area is 238 Å². The van der Waals surface area contributed by atoms with Crippen LogP contribution in [0.25, 0.3) is 32.0 Å². The second-order valence-electron chi connectivity index (χ2n) is 8.84. The Kier molecular flexibility index (Phi) is 6.80. The standard InChI is InChI=1S/C26H19F2N9O2S2/c1-13-7-8-18(40-13)15-11-17(22(27)28)30-26-19(15)20(21(41-26)23(29)38)31-25(39)16-9-10-36(33-16)12-37-34-24(32-35-37)14-5-3-2-4-6-14/h2-11,22H,12H2,1H3,(H2,29,38)(H,31,39). The highest BCUT2D eigenvalue weighted by Crippen LogP contribution is 2.44. The second-order valence-corrected chi connectivity index (χ2v) is 11.1. The third-order valence-corrected chi connectivity index (χ3v) is 8.14. The average Bonchev–Trinajstić information content (AvgIpc) is 3.76. The van der Waals surface area contributed by atoms with Crippen molar-refractivity contribution in [2.75, 3.05) is 5.32 Å². The van der Waals surface area contributed by atoms with Gasteiger partial charge < -0.3 is 11.1 Å². The minimum absolute atomic E-state index is 0.0125. The molecular formula is C26H19F2N9O2S2. The van der Waals surface area contributed by atoms with Crippen LogP contribution in [0.3, 0.4) is 0 Å². The molecule has 15 heteroatoms. The van der Waals surface area contributed by atoms with Gasteiger partial charge in [-0.2, -0.15) is 5.10 Å². The number of pyridine rings is 1. The lowest BCUT2D eigenvalue weighted by Crippen LogP contribution is -2.18. The number of carbonyl (C=O) groups is 2. The van der Waals surface area contributed by atoms with Crippen molar-refractivity contribution < 1.29 is 18.4 Å². The summed E-state index contributed by atoms with van der Waals surface area (Å²) in [6.07, 6.45) is -1.26. The fourth-order valence-corrected chi connectivity index (χ4v) is 6.07. The molecule has 1 aromatic carbocycles. The van der Waals surface area contributed by atoms with E-state index in [-0.39, 0.29) is 27.8 Å². The first-order valence-corrected chi connectivity index (χ1v) is 13.7.